The average Bonchev–Trinajstić information content (AvgIpc) is 2.52. The molecule has 0 aliphatic carbocycles. The van der Waals surface area contributed by atoms with Crippen molar-refractivity contribution in [1.29, 1.82) is 0 Å². The van der Waals surface area contributed by atoms with Crippen molar-refractivity contribution in [3.8, 4) is 5.75 Å². The Kier molecular flexibility index (Phi) is 5.78. The lowest BCUT2D eigenvalue weighted by Crippen LogP contribution is -2.44. The molecule has 0 fully saturated rings. The number of halogens is 3. The lowest BCUT2D eigenvalue weighted by Gasteiger charge is -2.10. The first-order valence-corrected chi connectivity index (χ1v) is 7.15. The molecular weight excluding hydrogens is 346 g/mol. The lowest BCUT2D eigenvalue weighted by atomic mass is 10.2. The number of carbonyl (C=O) groups is 2. The monoisotopic (exact) mass is 356 g/mol. The minimum Gasteiger partial charge on any atom is -0.481 e. The molecule has 5 nitrogen and oxygen atoms in total. The van der Waals surface area contributed by atoms with Crippen molar-refractivity contribution in [2.45, 2.75) is 0 Å². The van der Waals surface area contributed by atoms with Gasteiger partial charge >= 0.3 is 0 Å². The summed E-state index contributed by atoms with van der Waals surface area (Å²) in [5.41, 5.74) is 4.31. The molecule has 0 unspecified atom stereocenters. The maximum absolute atomic E-state index is 13.3. The van der Waals surface area contributed by atoms with E-state index < -0.39 is 24.2 Å². The van der Waals surface area contributed by atoms with E-state index in [1.807, 2.05) is 0 Å². The standard InChI is InChI=1S/C15H11Cl2FN2O3/c16-9-4-3-5-10(17)14(9)15(22)20-19-13(21)8-23-12-7-2-1-6-11(12)18/h1-7H,8H2,(H,19,21)(H,20,22). The smallest absolute Gasteiger partial charge is 0.276 e. The Bertz CT molecular complexity index is 720. The van der Waals surface area contributed by atoms with Crippen molar-refractivity contribution < 1.29 is 18.7 Å². The molecule has 0 atom stereocenters. The van der Waals surface area contributed by atoms with Crippen LogP contribution in [-0.2, 0) is 4.79 Å². The van der Waals surface area contributed by atoms with Gasteiger partial charge in [0.1, 0.15) is 0 Å². The first-order valence-electron chi connectivity index (χ1n) is 6.39. The quantitative estimate of drug-likeness (QED) is 0.827. The van der Waals surface area contributed by atoms with Gasteiger partial charge in [-0.1, -0.05) is 41.4 Å². The van der Waals surface area contributed by atoms with Crippen LogP contribution < -0.4 is 15.6 Å². The molecule has 0 radical (unpaired) electrons. The molecule has 0 bridgehead atoms. The zero-order valence-electron chi connectivity index (χ0n) is 11.6. The summed E-state index contributed by atoms with van der Waals surface area (Å²) >= 11 is 11.7. The van der Waals surface area contributed by atoms with E-state index in [1.165, 1.54) is 30.3 Å². The van der Waals surface area contributed by atoms with Crippen LogP contribution in [-0.4, -0.2) is 18.4 Å². The highest BCUT2D eigenvalue weighted by atomic mass is 35.5. The molecule has 0 aliphatic rings. The van der Waals surface area contributed by atoms with Crippen molar-refractivity contribution >= 4 is 35.0 Å². The zero-order valence-corrected chi connectivity index (χ0v) is 13.1. The highest BCUT2D eigenvalue weighted by Gasteiger charge is 2.15. The Hall–Kier alpha value is -2.31. The summed E-state index contributed by atoms with van der Waals surface area (Å²) < 4.78 is 18.3. The number of hydrogen-bond donors (Lipinski definition) is 2. The van der Waals surface area contributed by atoms with Crippen molar-refractivity contribution in [1.82, 2.24) is 10.9 Å². The van der Waals surface area contributed by atoms with Crippen molar-refractivity contribution in [2.75, 3.05) is 6.61 Å². The van der Waals surface area contributed by atoms with Gasteiger partial charge in [-0.15, -0.1) is 0 Å². The normalized spacial score (nSPS) is 10.0. The van der Waals surface area contributed by atoms with E-state index in [-0.39, 0.29) is 21.4 Å². The number of amides is 2. The Morgan fingerprint density at radius 2 is 1.65 bits per heavy atom. The summed E-state index contributed by atoms with van der Waals surface area (Å²) in [6, 6.07) is 10.2. The molecule has 2 aromatic carbocycles. The third kappa shape index (κ3) is 4.58. The van der Waals surface area contributed by atoms with Gasteiger partial charge in [0.25, 0.3) is 11.8 Å². The maximum Gasteiger partial charge on any atom is 0.276 e. The minimum atomic E-state index is -0.681. The van der Waals surface area contributed by atoms with Gasteiger partial charge in [0, 0.05) is 0 Å². The van der Waals surface area contributed by atoms with Crippen LogP contribution in [0.1, 0.15) is 10.4 Å². The SMILES string of the molecule is O=C(COc1ccccc1F)NNC(=O)c1c(Cl)cccc1Cl. The molecule has 23 heavy (non-hydrogen) atoms. The number of benzene rings is 2. The average molecular weight is 357 g/mol. The van der Waals surface area contributed by atoms with Crippen molar-refractivity contribution in [2.24, 2.45) is 0 Å². The Morgan fingerprint density at radius 1 is 1.00 bits per heavy atom. The highest BCUT2D eigenvalue weighted by molar-refractivity contribution is 6.39. The van der Waals surface area contributed by atoms with Crippen LogP contribution in [0.2, 0.25) is 10.0 Å². The first-order chi connectivity index (χ1) is 11.0. The number of rotatable bonds is 4. The number of hydrazine groups is 1. The second-order valence-corrected chi connectivity index (χ2v) is 5.13. The van der Waals surface area contributed by atoms with E-state index in [0.29, 0.717) is 0 Å². The fourth-order valence-electron chi connectivity index (χ4n) is 1.64. The summed E-state index contributed by atoms with van der Waals surface area (Å²) in [5.74, 6) is -2.01. The number of nitrogens with one attached hydrogen (secondary N) is 2. The summed E-state index contributed by atoms with van der Waals surface area (Å²) in [5, 5.41) is 0.290. The second-order valence-electron chi connectivity index (χ2n) is 4.32. The second kappa shape index (κ2) is 7.80. The molecule has 2 aromatic rings. The first kappa shape index (κ1) is 17.1. The fourth-order valence-corrected chi connectivity index (χ4v) is 2.21. The van der Waals surface area contributed by atoms with Gasteiger partial charge in [-0.3, -0.25) is 20.4 Å². The largest absolute Gasteiger partial charge is 0.481 e. The number of hydrogen-bond acceptors (Lipinski definition) is 3. The number of carbonyl (C=O) groups excluding carboxylic acids is 2. The Morgan fingerprint density at radius 3 is 2.30 bits per heavy atom. The van der Waals surface area contributed by atoms with E-state index in [1.54, 1.807) is 12.1 Å². The molecule has 0 saturated heterocycles. The van der Waals surface area contributed by atoms with Crippen LogP contribution in [0.3, 0.4) is 0 Å². The number of para-hydroxylation sites is 1. The van der Waals surface area contributed by atoms with E-state index in [9.17, 15) is 14.0 Å². The molecule has 0 aliphatic heterocycles. The van der Waals surface area contributed by atoms with Crippen LogP contribution in [0.25, 0.3) is 0 Å². The highest BCUT2D eigenvalue weighted by Crippen LogP contribution is 2.23. The third-order valence-electron chi connectivity index (χ3n) is 2.70. The summed E-state index contributed by atoms with van der Waals surface area (Å²) in [6.07, 6.45) is 0. The molecule has 0 heterocycles. The Labute approximate surface area is 141 Å². The summed E-state index contributed by atoms with van der Waals surface area (Å²) in [4.78, 5) is 23.5. The zero-order chi connectivity index (χ0) is 16.8. The topological polar surface area (TPSA) is 67.4 Å². The third-order valence-corrected chi connectivity index (χ3v) is 3.33. The molecule has 2 rings (SSSR count). The van der Waals surface area contributed by atoms with Gasteiger partial charge in [-0.2, -0.15) is 0 Å². The Balaban J connectivity index is 1.87. The molecule has 0 spiro atoms. The van der Waals surface area contributed by atoms with Crippen LogP contribution >= 0.6 is 23.2 Å². The molecule has 2 N–H and O–H groups in total. The summed E-state index contributed by atoms with van der Waals surface area (Å²) in [6.45, 7) is -0.475. The van der Waals surface area contributed by atoms with E-state index in [4.69, 9.17) is 27.9 Å². The fraction of sp³-hybridized carbons (Fsp3) is 0.0667. The number of ether oxygens (including phenoxy) is 1. The van der Waals surface area contributed by atoms with E-state index in [2.05, 4.69) is 10.9 Å². The predicted molar refractivity (Wildman–Crippen MR) is 84.0 cm³/mol. The molecule has 8 heteroatoms. The van der Waals surface area contributed by atoms with Crippen LogP contribution in [0, 0.1) is 5.82 Å². The predicted octanol–water partition coefficient (Wildman–Crippen LogP) is 2.97. The van der Waals surface area contributed by atoms with Crippen LogP contribution in [0.5, 0.6) is 5.75 Å². The van der Waals surface area contributed by atoms with Gasteiger partial charge in [-0.05, 0) is 24.3 Å². The molecule has 120 valence electrons. The van der Waals surface area contributed by atoms with Gasteiger partial charge in [-0.25, -0.2) is 4.39 Å². The van der Waals surface area contributed by atoms with Crippen molar-refractivity contribution in [3.63, 3.8) is 0 Å². The molecule has 0 saturated carbocycles. The van der Waals surface area contributed by atoms with Gasteiger partial charge in [0.15, 0.2) is 18.2 Å². The van der Waals surface area contributed by atoms with Crippen molar-refractivity contribution in [3.05, 3.63) is 63.9 Å². The van der Waals surface area contributed by atoms with Gasteiger partial charge in [0.2, 0.25) is 0 Å². The summed E-state index contributed by atoms with van der Waals surface area (Å²) in [7, 11) is 0. The molecule has 0 aromatic heterocycles. The minimum absolute atomic E-state index is 0.0335. The van der Waals surface area contributed by atoms with E-state index >= 15 is 0 Å². The van der Waals surface area contributed by atoms with Gasteiger partial charge < -0.3 is 4.74 Å². The molecular formula is C15H11Cl2FN2O3. The van der Waals surface area contributed by atoms with Crippen LogP contribution in [0.4, 0.5) is 4.39 Å². The molecule has 2 amide bonds. The van der Waals surface area contributed by atoms with Gasteiger partial charge in [0.05, 0.1) is 15.6 Å². The lowest BCUT2D eigenvalue weighted by molar-refractivity contribution is -0.123. The van der Waals surface area contributed by atoms with Crippen LogP contribution in [0.15, 0.2) is 42.5 Å². The maximum atomic E-state index is 13.3. The van der Waals surface area contributed by atoms with E-state index in [0.717, 1.165) is 0 Å².